The molecule has 0 bridgehead atoms. The maximum absolute atomic E-state index is 12.5. The van der Waals surface area contributed by atoms with E-state index in [-0.39, 0.29) is 20.7 Å². The van der Waals surface area contributed by atoms with Gasteiger partial charge in [0.25, 0.3) is 0 Å². The van der Waals surface area contributed by atoms with E-state index in [4.69, 9.17) is 11.6 Å². The Balaban J connectivity index is 2.73. The molecule has 1 aliphatic carbocycles. The highest BCUT2D eigenvalue weighted by Gasteiger charge is 2.12. The van der Waals surface area contributed by atoms with Crippen LogP contribution in [0.1, 0.15) is 6.42 Å². The van der Waals surface area contributed by atoms with E-state index in [0.29, 0.717) is 6.42 Å². The maximum atomic E-state index is 12.5. The monoisotopic (exact) mass is 176 g/mol. The molecular weight excluding hydrogens is 167 g/mol. The fourth-order valence-corrected chi connectivity index (χ4v) is 2.64. The first-order valence-corrected chi connectivity index (χ1v) is 6.00. The average molecular weight is 177 g/mol. The van der Waals surface area contributed by atoms with Gasteiger partial charge in [0.2, 0.25) is 0 Å². The molecule has 0 radical (unpaired) electrons. The van der Waals surface area contributed by atoms with Crippen molar-refractivity contribution < 1.29 is 4.39 Å². The van der Waals surface area contributed by atoms with Crippen LogP contribution in [0.3, 0.4) is 0 Å². The lowest BCUT2D eigenvalue weighted by atomic mass is 10.2. The summed E-state index contributed by atoms with van der Waals surface area (Å²) in [5.41, 5.74) is 0. The minimum Gasteiger partial charge on any atom is -0.207 e. The van der Waals surface area contributed by atoms with Crippen LogP contribution in [0.25, 0.3) is 0 Å². The van der Waals surface area contributed by atoms with Gasteiger partial charge < -0.3 is 0 Å². The molecule has 0 spiro atoms. The van der Waals surface area contributed by atoms with Crippen molar-refractivity contribution in [2.24, 2.45) is 0 Å². The highest BCUT2D eigenvalue weighted by molar-refractivity contribution is 6.47. The van der Waals surface area contributed by atoms with Crippen LogP contribution in [-0.4, -0.2) is 14.9 Å². The Morgan fingerprint density at radius 2 is 2.50 bits per heavy atom. The molecule has 1 rings (SSSR count). The molecule has 0 aromatic rings. The number of hydrogen-bond donors (Lipinski definition) is 0. The summed E-state index contributed by atoms with van der Waals surface area (Å²) < 4.78 is 12.5. The molecule has 0 heterocycles. The van der Waals surface area contributed by atoms with Crippen LogP contribution in [0, 0.1) is 0 Å². The number of alkyl halides is 1. The van der Waals surface area contributed by atoms with Gasteiger partial charge in [-0.1, -0.05) is 11.7 Å². The van der Waals surface area contributed by atoms with Gasteiger partial charge in [0, 0.05) is 9.52 Å². The second-order valence-electron chi connectivity index (χ2n) is 2.37. The van der Waals surface area contributed by atoms with E-state index in [1.165, 1.54) is 0 Å². The smallest absolute Gasteiger partial charge is 0.118 e. The van der Waals surface area contributed by atoms with Crippen LogP contribution in [0.4, 0.5) is 4.39 Å². The SMILES string of the molecule is C[SiH2]C1=CC(F)=CCC1Cl. The molecule has 56 valence electrons. The van der Waals surface area contributed by atoms with E-state index in [0.717, 1.165) is 5.20 Å². The molecule has 1 atom stereocenters. The van der Waals surface area contributed by atoms with Gasteiger partial charge in [-0.2, -0.15) is 0 Å². The van der Waals surface area contributed by atoms with E-state index >= 15 is 0 Å². The summed E-state index contributed by atoms with van der Waals surface area (Å²) in [5.74, 6) is -0.110. The first-order valence-electron chi connectivity index (χ1n) is 3.44. The Morgan fingerprint density at radius 3 is 3.00 bits per heavy atom. The third-order valence-corrected chi connectivity index (χ3v) is 3.88. The topological polar surface area (TPSA) is 0 Å². The van der Waals surface area contributed by atoms with Gasteiger partial charge in [-0.25, -0.2) is 4.39 Å². The van der Waals surface area contributed by atoms with Crippen molar-refractivity contribution in [3.8, 4) is 0 Å². The van der Waals surface area contributed by atoms with Crippen molar-refractivity contribution in [2.75, 3.05) is 0 Å². The van der Waals surface area contributed by atoms with Gasteiger partial charge in [0.15, 0.2) is 0 Å². The van der Waals surface area contributed by atoms with Gasteiger partial charge in [-0.3, -0.25) is 0 Å². The summed E-state index contributed by atoms with van der Waals surface area (Å²) in [4.78, 5) is 0. The molecule has 0 aromatic heterocycles. The largest absolute Gasteiger partial charge is 0.207 e. The van der Waals surface area contributed by atoms with E-state index in [1.807, 2.05) is 0 Å². The van der Waals surface area contributed by atoms with E-state index < -0.39 is 0 Å². The highest BCUT2D eigenvalue weighted by atomic mass is 35.5. The van der Waals surface area contributed by atoms with Crippen LogP contribution in [0.2, 0.25) is 6.55 Å². The van der Waals surface area contributed by atoms with Crippen molar-refractivity contribution in [3.05, 3.63) is 23.2 Å². The fraction of sp³-hybridized carbons (Fsp3) is 0.429. The van der Waals surface area contributed by atoms with Crippen LogP contribution in [-0.2, 0) is 0 Å². The molecule has 0 aromatic carbocycles. The predicted octanol–water partition coefficient (Wildman–Crippen LogP) is 1.95. The van der Waals surface area contributed by atoms with Gasteiger partial charge in [0.1, 0.15) is 5.83 Å². The first kappa shape index (κ1) is 8.02. The zero-order valence-electron chi connectivity index (χ0n) is 5.90. The van der Waals surface area contributed by atoms with E-state index in [9.17, 15) is 4.39 Å². The lowest BCUT2D eigenvalue weighted by molar-refractivity contribution is 0.651. The Kier molecular flexibility index (Phi) is 2.69. The van der Waals surface area contributed by atoms with Crippen molar-refractivity contribution in [1.82, 2.24) is 0 Å². The molecule has 0 saturated carbocycles. The normalized spacial score (nSPS) is 26.9. The Morgan fingerprint density at radius 1 is 1.80 bits per heavy atom. The third-order valence-electron chi connectivity index (χ3n) is 1.65. The first-order chi connectivity index (χ1) is 4.74. The molecule has 0 N–H and O–H groups in total. The summed E-state index contributed by atoms with van der Waals surface area (Å²) in [6, 6.07) is 0. The average Bonchev–Trinajstić information content (AvgIpc) is 1.94. The second kappa shape index (κ2) is 3.35. The second-order valence-corrected chi connectivity index (χ2v) is 4.42. The lowest BCUT2D eigenvalue weighted by Crippen LogP contribution is -2.09. The molecule has 0 aliphatic heterocycles. The van der Waals surface area contributed by atoms with Crippen LogP contribution in [0.5, 0.6) is 0 Å². The molecule has 0 fully saturated rings. The van der Waals surface area contributed by atoms with Crippen molar-refractivity contribution in [2.45, 2.75) is 18.3 Å². The summed E-state index contributed by atoms with van der Waals surface area (Å²) in [5, 5.41) is 1.22. The third kappa shape index (κ3) is 1.70. The molecule has 0 amide bonds. The zero-order valence-corrected chi connectivity index (χ0v) is 8.07. The molecular formula is C7H10ClFSi. The Bertz CT molecular complexity index is 186. The minimum atomic E-state index is -0.263. The Labute approximate surface area is 67.6 Å². The highest BCUT2D eigenvalue weighted by Crippen LogP contribution is 2.22. The van der Waals surface area contributed by atoms with Crippen molar-refractivity contribution in [1.29, 1.82) is 0 Å². The Hall–Kier alpha value is -0.0831. The number of allylic oxidation sites excluding steroid dienone is 4. The van der Waals surface area contributed by atoms with Gasteiger partial charge in [0.05, 0.1) is 5.38 Å². The fourth-order valence-electron chi connectivity index (χ4n) is 1.02. The molecule has 1 unspecified atom stereocenters. The molecule has 3 heteroatoms. The van der Waals surface area contributed by atoms with Gasteiger partial charge in [-0.15, -0.1) is 11.6 Å². The van der Waals surface area contributed by atoms with Crippen LogP contribution in [0.15, 0.2) is 23.2 Å². The maximum Gasteiger partial charge on any atom is 0.118 e. The van der Waals surface area contributed by atoms with E-state index in [1.54, 1.807) is 12.2 Å². The molecule has 1 aliphatic rings. The summed E-state index contributed by atoms with van der Waals surface area (Å²) >= 11 is 5.90. The molecule has 0 saturated heterocycles. The summed E-state index contributed by atoms with van der Waals surface area (Å²) in [6.45, 7) is 2.12. The van der Waals surface area contributed by atoms with E-state index in [2.05, 4.69) is 6.55 Å². The van der Waals surface area contributed by atoms with Crippen LogP contribution >= 0.6 is 11.6 Å². The summed E-state index contributed by atoms with van der Waals surface area (Å²) in [6.07, 6.45) is 3.80. The zero-order chi connectivity index (χ0) is 7.56. The predicted molar refractivity (Wildman–Crippen MR) is 45.9 cm³/mol. The quantitative estimate of drug-likeness (QED) is 0.423. The van der Waals surface area contributed by atoms with Crippen LogP contribution < -0.4 is 0 Å². The molecule has 10 heavy (non-hydrogen) atoms. The standard InChI is InChI=1S/C7H10ClFSi/c1-10-7-4-5(9)2-3-6(7)8/h2,4,6H,3,10H2,1H3. The number of halogens is 2. The minimum absolute atomic E-state index is 0.0798. The number of rotatable bonds is 1. The van der Waals surface area contributed by atoms with Crippen molar-refractivity contribution in [3.63, 3.8) is 0 Å². The summed E-state index contributed by atoms with van der Waals surface area (Å²) in [7, 11) is -0.263. The van der Waals surface area contributed by atoms with Gasteiger partial charge in [-0.05, 0) is 18.6 Å². The number of hydrogen-bond acceptors (Lipinski definition) is 0. The van der Waals surface area contributed by atoms with Crippen molar-refractivity contribution >= 4 is 21.1 Å². The lowest BCUT2D eigenvalue weighted by Gasteiger charge is -2.13. The van der Waals surface area contributed by atoms with Gasteiger partial charge >= 0.3 is 0 Å². The molecule has 0 nitrogen and oxygen atoms in total.